The Labute approximate surface area is 184 Å². The first kappa shape index (κ1) is 21.9. The maximum atomic E-state index is 13.6. The number of rotatable bonds is 7. The molecular formula is C19H14BrFN2O5S2. The van der Waals surface area contributed by atoms with Gasteiger partial charge < -0.3 is 10.1 Å². The predicted molar refractivity (Wildman–Crippen MR) is 115 cm³/mol. The number of thiophene rings is 1. The van der Waals surface area contributed by atoms with Gasteiger partial charge in [0.05, 0.1) is 20.7 Å². The number of hydrogen-bond acceptors (Lipinski definition) is 6. The number of halogens is 2. The summed E-state index contributed by atoms with van der Waals surface area (Å²) in [6.07, 6.45) is 0. The minimum Gasteiger partial charge on any atom is -0.452 e. The zero-order chi connectivity index (χ0) is 21.7. The Hall–Kier alpha value is -2.76. The van der Waals surface area contributed by atoms with E-state index in [0.717, 1.165) is 11.3 Å². The Morgan fingerprint density at radius 2 is 1.67 bits per heavy atom. The van der Waals surface area contributed by atoms with E-state index >= 15 is 0 Å². The Bertz CT molecular complexity index is 1200. The van der Waals surface area contributed by atoms with Crippen molar-refractivity contribution >= 4 is 60.5 Å². The molecule has 1 amide bonds. The highest BCUT2D eigenvalue weighted by Gasteiger charge is 2.21. The highest BCUT2D eigenvalue weighted by Crippen LogP contribution is 2.28. The van der Waals surface area contributed by atoms with E-state index in [9.17, 15) is 22.4 Å². The fourth-order valence-electron chi connectivity index (χ4n) is 2.35. The van der Waals surface area contributed by atoms with Gasteiger partial charge in [0.25, 0.3) is 15.9 Å². The van der Waals surface area contributed by atoms with Crippen LogP contribution in [0.2, 0.25) is 0 Å². The molecule has 1 heterocycles. The van der Waals surface area contributed by atoms with E-state index < -0.39 is 34.3 Å². The van der Waals surface area contributed by atoms with Crippen LogP contribution in [0.1, 0.15) is 10.4 Å². The van der Waals surface area contributed by atoms with Crippen molar-refractivity contribution in [2.75, 3.05) is 16.6 Å². The molecule has 11 heteroatoms. The number of amides is 1. The second kappa shape index (κ2) is 9.37. The lowest BCUT2D eigenvalue weighted by atomic mass is 10.2. The fourth-order valence-corrected chi connectivity index (χ4v) is 5.43. The lowest BCUT2D eigenvalue weighted by Gasteiger charge is -2.12. The molecule has 30 heavy (non-hydrogen) atoms. The number of sulfonamides is 1. The van der Waals surface area contributed by atoms with Gasteiger partial charge in [-0.3, -0.25) is 9.52 Å². The van der Waals surface area contributed by atoms with Crippen LogP contribution in [0.3, 0.4) is 0 Å². The molecule has 0 radical (unpaired) electrons. The lowest BCUT2D eigenvalue weighted by molar-refractivity contribution is -0.119. The van der Waals surface area contributed by atoms with Gasteiger partial charge in [0.2, 0.25) is 0 Å². The summed E-state index contributed by atoms with van der Waals surface area (Å²) in [4.78, 5) is 24.3. The highest BCUT2D eigenvalue weighted by atomic mass is 79.9. The van der Waals surface area contributed by atoms with Gasteiger partial charge in [0.15, 0.2) is 6.61 Å². The minimum atomic E-state index is -3.92. The Balaban J connectivity index is 1.68. The van der Waals surface area contributed by atoms with Crippen molar-refractivity contribution in [1.82, 2.24) is 0 Å². The molecule has 0 unspecified atom stereocenters. The van der Waals surface area contributed by atoms with Gasteiger partial charge in [-0.1, -0.05) is 24.3 Å². The summed E-state index contributed by atoms with van der Waals surface area (Å²) in [7, 11) is -3.92. The van der Waals surface area contributed by atoms with E-state index in [0.29, 0.717) is 3.79 Å². The average molecular weight is 513 g/mol. The number of para-hydroxylation sites is 2. The Morgan fingerprint density at radius 1 is 1.00 bits per heavy atom. The van der Waals surface area contributed by atoms with Crippen molar-refractivity contribution in [2.24, 2.45) is 0 Å². The number of carbonyl (C=O) groups excluding carboxylic acids is 2. The summed E-state index contributed by atoms with van der Waals surface area (Å²) < 4.78 is 46.6. The summed E-state index contributed by atoms with van der Waals surface area (Å²) in [5.74, 6) is -2.28. The smallest absolute Gasteiger partial charge is 0.340 e. The average Bonchev–Trinajstić information content (AvgIpc) is 3.15. The van der Waals surface area contributed by atoms with Crippen LogP contribution in [0.4, 0.5) is 15.8 Å². The van der Waals surface area contributed by atoms with Crippen LogP contribution in [0, 0.1) is 5.82 Å². The molecule has 0 saturated carbocycles. The molecule has 1 aromatic heterocycles. The van der Waals surface area contributed by atoms with Crippen LogP contribution >= 0.6 is 27.3 Å². The molecule has 7 nitrogen and oxygen atoms in total. The first-order valence-electron chi connectivity index (χ1n) is 8.35. The Morgan fingerprint density at radius 3 is 2.33 bits per heavy atom. The number of benzene rings is 2. The third-order valence-corrected chi connectivity index (χ3v) is 7.17. The van der Waals surface area contributed by atoms with Crippen molar-refractivity contribution in [3.8, 4) is 0 Å². The van der Waals surface area contributed by atoms with Crippen LogP contribution in [-0.2, 0) is 19.6 Å². The molecule has 0 saturated heterocycles. The maximum absolute atomic E-state index is 13.6. The van der Waals surface area contributed by atoms with Gasteiger partial charge >= 0.3 is 5.97 Å². The quantitative estimate of drug-likeness (QED) is 0.461. The second-order valence-corrected chi connectivity index (χ2v) is 10.2. The molecule has 0 bridgehead atoms. The number of hydrogen-bond donors (Lipinski definition) is 2. The van der Waals surface area contributed by atoms with E-state index in [1.807, 2.05) is 0 Å². The first-order valence-corrected chi connectivity index (χ1v) is 11.4. The van der Waals surface area contributed by atoms with Crippen molar-refractivity contribution < 1.29 is 27.1 Å². The van der Waals surface area contributed by atoms with E-state index in [1.54, 1.807) is 18.2 Å². The number of anilines is 2. The summed E-state index contributed by atoms with van der Waals surface area (Å²) in [6, 6.07) is 14.4. The zero-order valence-corrected chi connectivity index (χ0v) is 18.3. The molecule has 2 aromatic carbocycles. The fraction of sp³-hybridized carbons (Fsp3) is 0.0526. The topological polar surface area (TPSA) is 102 Å². The van der Waals surface area contributed by atoms with E-state index in [2.05, 4.69) is 26.0 Å². The molecule has 0 fully saturated rings. The van der Waals surface area contributed by atoms with Crippen molar-refractivity contribution in [2.45, 2.75) is 4.21 Å². The number of esters is 1. The maximum Gasteiger partial charge on any atom is 0.340 e. The largest absolute Gasteiger partial charge is 0.452 e. The summed E-state index contributed by atoms with van der Waals surface area (Å²) in [6.45, 7) is -0.674. The molecular weight excluding hydrogens is 499 g/mol. The summed E-state index contributed by atoms with van der Waals surface area (Å²) >= 11 is 4.21. The summed E-state index contributed by atoms with van der Waals surface area (Å²) in [5, 5.41) is 2.29. The van der Waals surface area contributed by atoms with Crippen molar-refractivity contribution in [1.29, 1.82) is 0 Å². The summed E-state index contributed by atoms with van der Waals surface area (Å²) in [5.41, 5.74) is -0.120. The van der Waals surface area contributed by atoms with Crippen LogP contribution < -0.4 is 10.0 Å². The lowest BCUT2D eigenvalue weighted by Crippen LogP contribution is -2.22. The molecule has 0 aliphatic rings. The molecule has 0 spiro atoms. The van der Waals surface area contributed by atoms with E-state index in [-0.39, 0.29) is 21.1 Å². The third-order valence-electron chi connectivity index (χ3n) is 3.69. The second-order valence-electron chi connectivity index (χ2n) is 5.81. The Kier molecular flexibility index (Phi) is 6.85. The first-order chi connectivity index (χ1) is 14.3. The third kappa shape index (κ3) is 5.43. The molecule has 0 atom stereocenters. The monoisotopic (exact) mass is 512 g/mol. The van der Waals surface area contributed by atoms with Crippen LogP contribution in [-0.4, -0.2) is 26.9 Å². The minimum absolute atomic E-state index is 0.00142. The van der Waals surface area contributed by atoms with E-state index in [4.69, 9.17) is 4.74 Å². The number of nitrogens with one attached hydrogen (secondary N) is 2. The van der Waals surface area contributed by atoms with Crippen LogP contribution in [0.5, 0.6) is 0 Å². The van der Waals surface area contributed by atoms with Gasteiger partial charge in [-0.05, 0) is 52.3 Å². The van der Waals surface area contributed by atoms with Crippen molar-refractivity contribution in [3.05, 3.63) is 75.8 Å². The molecule has 2 N–H and O–H groups in total. The SMILES string of the molecule is O=C(COC(=O)c1ccccc1NS(=O)(=O)c1ccc(Br)s1)Nc1ccccc1F. The number of carbonyl (C=O) groups is 2. The van der Waals surface area contributed by atoms with Gasteiger partial charge in [-0.2, -0.15) is 0 Å². The molecule has 0 aliphatic heterocycles. The highest BCUT2D eigenvalue weighted by molar-refractivity contribution is 9.11. The molecule has 156 valence electrons. The van der Waals surface area contributed by atoms with Gasteiger partial charge in [-0.15, -0.1) is 11.3 Å². The van der Waals surface area contributed by atoms with Gasteiger partial charge in [-0.25, -0.2) is 17.6 Å². The zero-order valence-electron chi connectivity index (χ0n) is 15.1. The van der Waals surface area contributed by atoms with Crippen LogP contribution in [0.15, 0.2) is 68.7 Å². The van der Waals surface area contributed by atoms with Gasteiger partial charge in [0.1, 0.15) is 10.0 Å². The van der Waals surface area contributed by atoms with Gasteiger partial charge in [0, 0.05) is 0 Å². The molecule has 0 aliphatic carbocycles. The predicted octanol–water partition coefficient (Wildman–Crippen LogP) is 4.25. The van der Waals surface area contributed by atoms with Crippen LogP contribution in [0.25, 0.3) is 0 Å². The molecule has 3 rings (SSSR count). The standard InChI is InChI=1S/C19H14BrFN2O5S2/c20-16-9-10-18(29-16)30(26,27)23-14-7-3-1-5-12(14)19(25)28-11-17(24)22-15-8-4-2-6-13(15)21/h1-10,23H,11H2,(H,22,24). The van der Waals surface area contributed by atoms with Crippen molar-refractivity contribution in [3.63, 3.8) is 0 Å². The molecule has 3 aromatic rings. The number of ether oxygens (including phenoxy) is 1. The normalized spacial score (nSPS) is 11.0. The van der Waals surface area contributed by atoms with E-state index in [1.165, 1.54) is 42.5 Å².